The molecule has 0 aromatic heterocycles. The van der Waals surface area contributed by atoms with E-state index in [2.05, 4.69) is 0 Å². The lowest BCUT2D eigenvalue weighted by molar-refractivity contribution is 0.111. The normalized spacial score (nSPS) is 9.21. The number of carbonyl (C=O) groups is 1. The van der Waals surface area contributed by atoms with E-state index in [-0.39, 0.29) is 16.9 Å². The number of aldehydes is 1. The van der Waals surface area contributed by atoms with Crippen molar-refractivity contribution in [2.75, 3.05) is 6.61 Å². The maximum absolute atomic E-state index is 13.3. The molecule has 0 bridgehead atoms. The highest BCUT2D eigenvalue weighted by atomic mass is 19.1. The Hall–Kier alpha value is -1.89. The minimum Gasteiger partial charge on any atom is -0.492 e. The molecule has 0 fully saturated rings. The van der Waals surface area contributed by atoms with Crippen LogP contribution in [-0.4, -0.2) is 12.9 Å². The van der Waals surface area contributed by atoms with E-state index in [1.807, 2.05) is 0 Å². The Morgan fingerprint density at radius 3 is 2.86 bits per heavy atom. The topological polar surface area (TPSA) is 50.1 Å². The first kappa shape index (κ1) is 10.2. The lowest BCUT2D eigenvalue weighted by Crippen LogP contribution is -1.99. The standard InChI is InChI=1S/C10H8FNO2/c1-2-14-9-4-3-7(6-13)10(11)8(9)5-12/h3-4,6H,2H2,1H3. The summed E-state index contributed by atoms with van der Waals surface area (Å²) in [4.78, 5) is 10.4. The van der Waals surface area contributed by atoms with Gasteiger partial charge in [-0.05, 0) is 19.1 Å². The van der Waals surface area contributed by atoms with E-state index < -0.39 is 5.82 Å². The van der Waals surface area contributed by atoms with Gasteiger partial charge < -0.3 is 4.74 Å². The highest BCUT2D eigenvalue weighted by molar-refractivity contribution is 5.77. The van der Waals surface area contributed by atoms with Crippen LogP contribution in [0.1, 0.15) is 22.8 Å². The SMILES string of the molecule is CCOc1ccc(C=O)c(F)c1C#N. The molecule has 1 aromatic carbocycles. The fraction of sp³-hybridized carbons (Fsp3) is 0.200. The van der Waals surface area contributed by atoms with Gasteiger partial charge in [-0.15, -0.1) is 0 Å². The first-order valence-corrected chi connectivity index (χ1v) is 4.05. The van der Waals surface area contributed by atoms with Crippen LogP contribution < -0.4 is 4.74 Å². The van der Waals surface area contributed by atoms with Crippen molar-refractivity contribution in [2.24, 2.45) is 0 Å². The molecule has 0 aliphatic carbocycles. The van der Waals surface area contributed by atoms with E-state index in [4.69, 9.17) is 10.00 Å². The van der Waals surface area contributed by atoms with E-state index in [1.165, 1.54) is 12.1 Å². The van der Waals surface area contributed by atoms with Crippen LogP contribution in [0.3, 0.4) is 0 Å². The van der Waals surface area contributed by atoms with Crippen molar-refractivity contribution in [1.29, 1.82) is 5.26 Å². The van der Waals surface area contributed by atoms with E-state index in [9.17, 15) is 9.18 Å². The van der Waals surface area contributed by atoms with Crippen molar-refractivity contribution in [3.8, 4) is 11.8 Å². The van der Waals surface area contributed by atoms with Crippen molar-refractivity contribution in [1.82, 2.24) is 0 Å². The molecule has 0 spiro atoms. The molecule has 0 heterocycles. The summed E-state index contributed by atoms with van der Waals surface area (Å²) in [5, 5.41) is 8.66. The number of rotatable bonds is 3. The number of nitrogens with zero attached hydrogens (tertiary/aromatic N) is 1. The Morgan fingerprint density at radius 2 is 2.36 bits per heavy atom. The van der Waals surface area contributed by atoms with E-state index in [0.717, 1.165) is 0 Å². The van der Waals surface area contributed by atoms with Gasteiger partial charge in [-0.2, -0.15) is 5.26 Å². The third kappa shape index (κ3) is 1.72. The summed E-state index contributed by atoms with van der Waals surface area (Å²) in [7, 11) is 0. The Morgan fingerprint density at radius 1 is 1.64 bits per heavy atom. The molecular weight excluding hydrogens is 185 g/mol. The average Bonchev–Trinajstić information content (AvgIpc) is 2.19. The van der Waals surface area contributed by atoms with Gasteiger partial charge in [-0.3, -0.25) is 4.79 Å². The van der Waals surface area contributed by atoms with Crippen LogP contribution in [0.4, 0.5) is 4.39 Å². The third-order valence-corrected chi connectivity index (χ3v) is 1.67. The lowest BCUT2D eigenvalue weighted by atomic mass is 10.1. The van der Waals surface area contributed by atoms with Crippen molar-refractivity contribution in [3.63, 3.8) is 0 Å². The monoisotopic (exact) mass is 193 g/mol. The van der Waals surface area contributed by atoms with Gasteiger partial charge in [-0.25, -0.2) is 4.39 Å². The maximum atomic E-state index is 13.3. The third-order valence-electron chi connectivity index (χ3n) is 1.67. The summed E-state index contributed by atoms with van der Waals surface area (Å²) in [6.07, 6.45) is 0.367. The Labute approximate surface area is 80.7 Å². The summed E-state index contributed by atoms with van der Waals surface area (Å²) in [5.41, 5.74) is -0.360. The summed E-state index contributed by atoms with van der Waals surface area (Å²) >= 11 is 0. The zero-order valence-corrected chi connectivity index (χ0v) is 7.58. The molecule has 0 saturated carbocycles. The summed E-state index contributed by atoms with van der Waals surface area (Å²) < 4.78 is 18.4. The van der Waals surface area contributed by atoms with Gasteiger partial charge in [0.05, 0.1) is 12.2 Å². The molecule has 4 heteroatoms. The van der Waals surface area contributed by atoms with Crippen LogP contribution in [0.15, 0.2) is 12.1 Å². The number of ether oxygens (including phenoxy) is 1. The number of halogens is 1. The molecule has 3 nitrogen and oxygen atoms in total. The van der Waals surface area contributed by atoms with Crippen LogP contribution in [-0.2, 0) is 0 Å². The minimum absolute atomic E-state index is 0.134. The highest BCUT2D eigenvalue weighted by Gasteiger charge is 2.13. The molecule has 0 unspecified atom stereocenters. The van der Waals surface area contributed by atoms with E-state index >= 15 is 0 Å². The first-order chi connectivity index (χ1) is 6.74. The van der Waals surface area contributed by atoms with Crippen LogP contribution in [0.5, 0.6) is 5.75 Å². The molecule has 1 rings (SSSR count). The summed E-state index contributed by atoms with van der Waals surface area (Å²) in [6, 6.07) is 4.36. The molecule has 0 aliphatic heterocycles. The fourth-order valence-corrected chi connectivity index (χ4v) is 1.05. The van der Waals surface area contributed by atoms with Crippen molar-refractivity contribution < 1.29 is 13.9 Å². The predicted octanol–water partition coefficient (Wildman–Crippen LogP) is 1.91. The minimum atomic E-state index is -0.826. The second kappa shape index (κ2) is 4.38. The van der Waals surface area contributed by atoms with Gasteiger partial charge in [0.15, 0.2) is 12.1 Å². The highest BCUT2D eigenvalue weighted by Crippen LogP contribution is 2.22. The molecule has 1 aromatic rings. The molecule has 14 heavy (non-hydrogen) atoms. The number of hydrogen-bond acceptors (Lipinski definition) is 3. The van der Waals surface area contributed by atoms with Gasteiger partial charge in [-0.1, -0.05) is 0 Å². The summed E-state index contributed by atoms with van der Waals surface area (Å²) in [6.45, 7) is 2.07. The Balaban J connectivity index is 3.30. The zero-order chi connectivity index (χ0) is 10.6. The van der Waals surface area contributed by atoms with E-state index in [0.29, 0.717) is 12.9 Å². The van der Waals surface area contributed by atoms with Crippen molar-refractivity contribution >= 4 is 6.29 Å². The molecule has 0 amide bonds. The second-order valence-electron chi connectivity index (χ2n) is 2.50. The number of hydrogen-bond donors (Lipinski definition) is 0. The lowest BCUT2D eigenvalue weighted by Gasteiger charge is -2.06. The number of nitriles is 1. The van der Waals surface area contributed by atoms with Crippen LogP contribution in [0.2, 0.25) is 0 Å². The average molecular weight is 193 g/mol. The van der Waals surface area contributed by atoms with Gasteiger partial charge in [0.2, 0.25) is 0 Å². The molecule has 0 saturated heterocycles. The van der Waals surface area contributed by atoms with Crippen LogP contribution in [0, 0.1) is 17.1 Å². The number of carbonyl (C=O) groups excluding carboxylic acids is 1. The molecule has 0 radical (unpaired) electrons. The number of benzene rings is 1. The fourth-order valence-electron chi connectivity index (χ4n) is 1.05. The molecule has 0 aliphatic rings. The molecular formula is C10H8FNO2. The van der Waals surface area contributed by atoms with E-state index in [1.54, 1.807) is 13.0 Å². The first-order valence-electron chi connectivity index (χ1n) is 4.05. The second-order valence-corrected chi connectivity index (χ2v) is 2.50. The zero-order valence-electron chi connectivity index (χ0n) is 7.58. The predicted molar refractivity (Wildman–Crippen MR) is 47.7 cm³/mol. The molecule has 72 valence electrons. The quantitative estimate of drug-likeness (QED) is 0.689. The summed E-state index contributed by atoms with van der Waals surface area (Å²) in [5.74, 6) is -0.661. The van der Waals surface area contributed by atoms with Gasteiger partial charge in [0.25, 0.3) is 0 Å². The van der Waals surface area contributed by atoms with Crippen molar-refractivity contribution in [2.45, 2.75) is 6.92 Å². The Kier molecular flexibility index (Phi) is 3.19. The smallest absolute Gasteiger partial charge is 0.155 e. The van der Waals surface area contributed by atoms with Crippen LogP contribution in [0.25, 0.3) is 0 Å². The van der Waals surface area contributed by atoms with Gasteiger partial charge in [0.1, 0.15) is 17.4 Å². The Bertz CT molecular complexity index is 396. The molecule has 0 N–H and O–H groups in total. The molecule has 0 atom stereocenters. The van der Waals surface area contributed by atoms with Crippen LogP contribution >= 0.6 is 0 Å². The van der Waals surface area contributed by atoms with Gasteiger partial charge >= 0.3 is 0 Å². The maximum Gasteiger partial charge on any atom is 0.155 e. The van der Waals surface area contributed by atoms with Gasteiger partial charge in [0, 0.05) is 0 Å². The largest absolute Gasteiger partial charge is 0.492 e. The van der Waals surface area contributed by atoms with Crippen molar-refractivity contribution in [3.05, 3.63) is 29.1 Å².